The quantitative estimate of drug-likeness (QED) is 0.210. The Morgan fingerprint density at radius 3 is 2.53 bits per heavy atom. The summed E-state index contributed by atoms with van der Waals surface area (Å²) < 4.78 is 17.7. The van der Waals surface area contributed by atoms with Gasteiger partial charge in [0.1, 0.15) is 30.5 Å². The van der Waals surface area contributed by atoms with Gasteiger partial charge in [0.15, 0.2) is 6.29 Å². The summed E-state index contributed by atoms with van der Waals surface area (Å²) in [7, 11) is 0. The minimum absolute atomic E-state index is 0.0392. The molecule has 0 aromatic rings. The second kappa shape index (κ2) is 11.5. The van der Waals surface area contributed by atoms with Crippen LogP contribution in [0, 0.1) is 34.5 Å². The topological polar surface area (TPSA) is 169 Å². The van der Waals surface area contributed by atoms with Crippen molar-refractivity contribution >= 4 is 0 Å². The Labute approximate surface area is 253 Å². The maximum atomic E-state index is 11.7. The molecule has 0 aromatic carbocycles. The number of fused-ring (bicyclic) bond motifs is 7. The molecule has 4 aliphatic carbocycles. The molecule has 7 N–H and O–H groups in total. The molecule has 0 aromatic heterocycles. The van der Waals surface area contributed by atoms with E-state index in [0.29, 0.717) is 38.0 Å². The molecule has 4 fully saturated rings. The van der Waals surface area contributed by atoms with Gasteiger partial charge in [-0.2, -0.15) is 0 Å². The lowest BCUT2D eigenvalue weighted by Crippen LogP contribution is -2.60. The Morgan fingerprint density at radius 2 is 1.81 bits per heavy atom. The monoisotopic (exact) mass is 606 g/mol. The van der Waals surface area contributed by atoms with E-state index in [1.807, 2.05) is 0 Å². The Bertz CT molecular complexity index is 1150. The minimum atomic E-state index is -1.49. The number of allylic oxidation sites excluding steroid dienone is 2. The lowest BCUT2D eigenvalue weighted by Gasteiger charge is -2.60. The molecule has 10 heteroatoms. The number of rotatable bonds is 7. The Morgan fingerprint density at radius 1 is 1.07 bits per heavy atom. The highest BCUT2D eigenvalue weighted by atomic mass is 16.7. The average Bonchev–Trinajstić information content (AvgIpc) is 3.43. The van der Waals surface area contributed by atoms with E-state index in [2.05, 4.69) is 33.4 Å². The summed E-state index contributed by atoms with van der Waals surface area (Å²) >= 11 is 0. The van der Waals surface area contributed by atoms with Crippen LogP contribution >= 0.6 is 0 Å². The van der Waals surface area contributed by atoms with Gasteiger partial charge < -0.3 is 50.0 Å². The molecule has 6 aliphatic rings. The third-order valence-electron chi connectivity index (χ3n) is 12.3. The van der Waals surface area contributed by atoms with Gasteiger partial charge in [0.2, 0.25) is 0 Å². The van der Waals surface area contributed by atoms with E-state index in [9.17, 15) is 35.7 Å². The normalized spacial score (nSPS) is 50.7. The molecule has 0 spiro atoms. The largest absolute Gasteiger partial charge is 0.494 e. The zero-order valence-electron chi connectivity index (χ0n) is 25.5. The van der Waals surface area contributed by atoms with Crippen molar-refractivity contribution in [3.8, 4) is 0 Å². The predicted molar refractivity (Wildman–Crippen MR) is 155 cm³/mol. The fraction of sp³-hybridized carbons (Fsp3) is 0.818. The molecule has 2 aliphatic heterocycles. The van der Waals surface area contributed by atoms with E-state index in [-0.39, 0.29) is 35.9 Å². The van der Waals surface area contributed by atoms with Crippen LogP contribution in [0.4, 0.5) is 0 Å². The van der Waals surface area contributed by atoms with Crippen molar-refractivity contribution in [2.75, 3.05) is 13.2 Å². The minimum Gasteiger partial charge on any atom is -0.494 e. The third kappa shape index (κ3) is 4.96. The number of hydrogen-bond acceptors (Lipinski definition) is 10. The van der Waals surface area contributed by atoms with Gasteiger partial charge in [-0.1, -0.05) is 37.6 Å². The average molecular weight is 607 g/mol. The van der Waals surface area contributed by atoms with E-state index in [1.165, 1.54) is 5.57 Å². The highest BCUT2D eigenvalue weighted by molar-refractivity contribution is 5.32. The second-order valence-electron chi connectivity index (χ2n) is 14.7. The maximum Gasteiger partial charge on any atom is 0.187 e. The zero-order chi connectivity index (χ0) is 31.0. The van der Waals surface area contributed by atoms with Crippen molar-refractivity contribution in [3.63, 3.8) is 0 Å². The van der Waals surface area contributed by atoms with E-state index >= 15 is 0 Å². The van der Waals surface area contributed by atoms with Crippen molar-refractivity contribution in [1.29, 1.82) is 0 Å². The van der Waals surface area contributed by atoms with Crippen LogP contribution in [0.5, 0.6) is 0 Å². The Balaban J connectivity index is 1.10. The molecule has 1 saturated heterocycles. The van der Waals surface area contributed by atoms with Gasteiger partial charge in [-0.05, 0) is 67.8 Å². The smallest absolute Gasteiger partial charge is 0.187 e. The van der Waals surface area contributed by atoms with Gasteiger partial charge in [-0.25, -0.2) is 0 Å². The summed E-state index contributed by atoms with van der Waals surface area (Å²) in [6.07, 6.45) is -1.46. The maximum absolute atomic E-state index is 11.7. The van der Waals surface area contributed by atoms with Crippen molar-refractivity contribution < 1.29 is 50.0 Å². The Hall–Kier alpha value is -1.34. The molecule has 6 rings (SSSR count). The van der Waals surface area contributed by atoms with Gasteiger partial charge in [0.25, 0.3) is 0 Å². The number of aliphatic hydroxyl groups is 7. The van der Waals surface area contributed by atoms with Gasteiger partial charge >= 0.3 is 0 Å². The molecular weight excluding hydrogens is 556 g/mol. The highest BCUT2D eigenvalue weighted by Crippen LogP contribution is 2.69. The van der Waals surface area contributed by atoms with Crippen molar-refractivity contribution in [2.45, 2.75) is 121 Å². The molecule has 0 amide bonds. The molecule has 3 saturated carbocycles. The van der Waals surface area contributed by atoms with Crippen LogP contribution < -0.4 is 0 Å². The van der Waals surface area contributed by atoms with Crippen LogP contribution in [-0.2, 0) is 14.2 Å². The summed E-state index contributed by atoms with van der Waals surface area (Å²) in [4.78, 5) is 0. The standard InChI is InChI=1S/C33H50O10/c1-15(14-41-31-30(40)29(39)28(38)24(13-34)43-31)5-8-22-16(2)26-23(42-22)11-20-19-7-6-17-9-18(35)10-25(37)33(17,4)27(19)21(36)12-32(20,26)3/h6,18-21,23-31,34-40H,1,5,7-14H2,2-4H3/t18-,19+,20?,21?,23+,24-,25-,26+,27?,28-,29+,30-,31-,32+,33-/m1/s1. The van der Waals surface area contributed by atoms with Gasteiger partial charge in [-0.15, -0.1) is 0 Å². The summed E-state index contributed by atoms with van der Waals surface area (Å²) in [6, 6.07) is 0. The number of hydrogen-bond donors (Lipinski definition) is 7. The van der Waals surface area contributed by atoms with Gasteiger partial charge in [0, 0.05) is 24.2 Å². The van der Waals surface area contributed by atoms with Crippen LogP contribution in [0.15, 0.2) is 35.1 Å². The first-order chi connectivity index (χ1) is 20.3. The molecular formula is C33H50O10. The molecule has 10 nitrogen and oxygen atoms in total. The summed E-state index contributed by atoms with van der Waals surface area (Å²) in [5, 5.41) is 72.9. The first kappa shape index (κ1) is 31.6. The van der Waals surface area contributed by atoms with Gasteiger partial charge in [-0.3, -0.25) is 0 Å². The molecule has 242 valence electrons. The fourth-order valence-corrected chi connectivity index (χ4v) is 10.2. The lowest BCUT2D eigenvalue weighted by molar-refractivity contribution is -0.299. The van der Waals surface area contributed by atoms with Crippen LogP contribution in [0.1, 0.15) is 65.7 Å². The van der Waals surface area contributed by atoms with Crippen molar-refractivity contribution in [2.24, 2.45) is 34.5 Å². The summed E-state index contributed by atoms with van der Waals surface area (Å²) in [6.45, 7) is 10.2. The number of ether oxygens (including phenoxy) is 3. The van der Waals surface area contributed by atoms with Crippen LogP contribution in [0.25, 0.3) is 0 Å². The Kier molecular flexibility index (Phi) is 8.44. The lowest BCUT2D eigenvalue weighted by atomic mass is 9.45. The van der Waals surface area contributed by atoms with E-state index in [0.717, 1.165) is 29.7 Å². The van der Waals surface area contributed by atoms with Crippen LogP contribution in [0.3, 0.4) is 0 Å². The molecule has 15 atom stereocenters. The highest BCUT2D eigenvalue weighted by Gasteiger charge is 2.67. The molecule has 3 unspecified atom stereocenters. The molecule has 0 radical (unpaired) electrons. The van der Waals surface area contributed by atoms with E-state index < -0.39 is 61.0 Å². The van der Waals surface area contributed by atoms with Gasteiger partial charge in [0.05, 0.1) is 37.3 Å². The van der Waals surface area contributed by atoms with Crippen LogP contribution in [-0.4, -0.2) is 104 Å². The first-order valence-corrected chi connectivity index (χ1v) is 16.0. The zero-order valence-corrected chi connectivity index (χ0v) is 25.5. The molecule has 43 heavy (non-hydrogen) atoms. The molecule has 2 heterocycles. The summed E-state index contributed by atoms with van der Waals surface area (Å²) in [5.41, 5.74) is 2.44. The van der Waals surface area contributed by atoms with E-state index in [4.69, 9.17) is 14.2 Å². The fourth-order valence-electron chi connectivity index (χ4n) is 10.2. The van der Waals surface area contributed by atoms with Crippen molar-refractivity contribution in [1.82, 2.24) is 0 Å². The van der Waals surface area contributed by atoms with Crippen LogP contribution in [0.2, 0.25) is 0 Å². The van der Waals surface area contributed by atoms with E-state index in [1.54, 1.807) is 0 Å². The summed E-state index contributed by atoms with van der Waals surface area (Å²) in [5.74, 6) is 1.73. The predicted octanol–water partition coefficient (Wildman–Crippen LogP) is 1.30. The SMILES string of the molecule is C=C(CCC1=C(C)[C@H]2[C@H](CC3[C@@H]4CC=C5C[C@@H](O)C[C@@H](O)[C@]5(C)C4C(O)C[C@@]32C)O1)CO[C@@H]1O[C@H](CO)[C@@H](O)[C@H](O)[C@H]1O. The van der Waals surface area contributed by atoms with Crippen molar-refractivity contribution in [3.05, 3.63) is 35.1 Å². The third-order valence-corrected chi connectivity index (χ3v) is 12.3. The first-order valence-electron chi connectivity index (χ1n) is 16.0. The number of aliphatic hydroxyl groups excluding tert-OH is 7. The molecule has 0 bridgehead atoms. The second-order valence-corrected chi connectivity index (χ2v) is 14.7.